The van der Waals surface area contributed by atoms with E-state index in [-0.39, 0.29) is 17.6 Å². The van der Waals surface area contributed by atoms with Gasteiger partial charge in [0.15, 0.2) is 10.9 Å². The van der Waals surface area contributed by atoms with Gasteiger partial charge in [0.1, 0.15) is 5.69 Å². The zero-order chi connectivity index (χ0) is 19.0. The lowest BCUT2D eigenvalue weighted by Gasteiger charge is -2.17. The van der Waals surface area contributed by atoms with Gasteiger partial charge >= 0.3 is 0 Å². The number of nitrogens with one attached hydrogen (secondary N) is 3. The largest absolute Gasteiger partial charge is 0.356 e. The number of ketones is 1. The van der Waals surface area contributed by atoms with Gasteiger partial charge in [-0.05, 0) is 37.1 Å². The Morgan fingerprint density at radius 2 is 2.07 bits per heavy atom. The van der Waals surface area contributed by atoms with E-state index in [1.807, 2.05) is 23.6 Å². The van der Waals surface area contributed by atoms with E-state index >= 15 is 0 Å². The van der Waals surface area contributed by atoms with E-state index in [1.165, 1.54) is 30.5 Å². The predicted octanol–water partition coefficient (Wildman–Crippen LogP) is 3.48. The molecule has 1 aliphatic heterocycles. The fourth-order valence-corrected chi connectivity index (χ4v) is 3.61. The maximum absolute atomic E-state index is 12.3. The van der Waals surface area contributed by atoms with Gasteiger partial charge in [-0.1, -0.05) is 6.07 Å². The first-order valence-electron chi connectivity index (χ1n) is 8.39. The van der Waals surface area contributed by atoms with Crippen LogP contribution in [-0.4, -0.2) is 27.6 Å². The SMILES string of the molecule is CC(=O)c1c[nH]c(C(=O)Nc2nc(-c3ccc4c(c3)CCC(=O)N4)cs2)c1. The smallest absolute Gasteiger partial charge is 0.273 e. The summed E-state index contributed by atoms with van der Waals surface area (Å²) in [5.74, 6) is -0.423. The number of anilines is 2. The predicted molar refractivity (Wildman–Crippen MR) is 103 cm³/mol. The first-order valence-corrected chi connectivity index (χ1v) is 9.27. The topological polar surface area (TPSA) is 104 Å². The van der Waals surface area contributed by atoms with Gasteiger partial charge in [-0.25, -0.2) is 4.98 Å². The number of benzene rings is 1. The lowest BCUT2D eigenvalue weighted by atomic mass is 9.99. The number of fused-ring (bicyclic) bond motifs is 1. The molecule has 0 radical (unpaired) electrons. The molecule has 2 amide bonds. The zero-order valence-electron chi connectivity index (χ0n) is 14.5. The molecular formula is C19H16N4O3S. The molecule has 0 saturated carbocycles. The van der Waals surface area contributed by atoms with Gasteiger partial charge in [0.05, 0.1) is 5.69 Å². The Morgan fingerprint density at radius 3 is 2.85 bits per heavy atom. The van der Waals surface area contributed by atoms with E-state index in [1.54, 1.807) is 0 Å². The molecule has 0 aliphatic carbocycles. The van der Waals surface area contributed by atoms with Gasteiger partial charge < -0.3 is 10.3 Å². The number of thiazole rings is 1. The van der Waals surface area contributed by atoms with Gasteiger partial charge in [-0.3, -0.25) is 19.7 Å². The van der Waals surface area contributed by atoms with E-state index in [0.717, 1.165) is 22.5 Å². The second-order valence-electron chi connectivity index (χ2n) is 6.27. The molecule has 0 fully saturated rings. The van der Waals surface area contributed by atoms with E-state index in [2.05, 4.69) is 20.6 Å². The minimum atomic E-state index is -0.350. The molecule has 0 atom stereocenters. The lowest BCUT2D eigenvalue weighted by Crippen LogP contribution is -2.18. The minimum absolute atomic E-state index is 0.0335. The molecular weight excluding hydrogens is 364 g/mol. The molecule has 8 heteroatoms. The van der Waals surface area contributed by atoms with E-state index in [0.29, 0.717) is 29.2 Å². The molecule has 3 N–H and O–H groups in total. The highest BCUT2D eigenvalue weighted by Gasteiger charge is 2.17. The maximum atomic E-state index is 12.3. The van der Waals surface area contributed by atoms with Crippen LogP contribution in [0.3, 0.4) is 0 Å². The Kier molecular flexibility index (Phi) is 4.33. The van der Waals surface area contributed by atoms with Gasteiger partial charge in [-0.15, -0.1) is 11.3 Å². The van der Waals surface area contributed by atoms with Crippen molar-refractivity contribution in [2.45, 2.75) is 19.8 Å². The summed E-state index contributed by atoms with van der Waals surface area (Å²) < 4.78 is 0. The zero-order valence-corrected chi connectivity index (χ0v) is 15.3. The highest BCUT2D eigenvalue weighted by molar-refractivity contribution is 7.14. The summed E-state index contributed by atoms with van der Waals surface area (Å²) in [5, 5.41) is 7.94. The van der Waals surface area contributed by atoms with Crippen LogP contribution >= 0.6 is 11.3 Å². The Morgan fingerprint density at radius 1 is 1.22 bits per heavy atom. The summed E-state index contributed by atoms with van der Waals surface area (Å²) in [4.78, 5) is 42.3. The Hall–Kier alpha value is -3.26. The fraction of sp³-hybridized carbons (Fsp3) is 0.158. The van der Waals surface area contributed by atoms with Gasteiger partial charge in [-0.2, -0.15) is 0 Å². The molecule has 0 unspecified atom stereocenters. The number of Topliss-reactive ketones (excluding diaryl/α,β-unsaturated/α-hetero) is 1. The van der Waals surface area contributed by atoms with Crippen LogP contribution in [0.5, 0.6) is 0 Å². The third-order valence-electron chi connectivity index (χ3n) is 4.36. The molecule has 136 valence electrons. The van der Waals surface area contributed by atoms with Crippen LogP contribution in [0.1, 0.15) is 39.8 Å². The van der Waals surface area contributed by atoms with Crippen LogP contribution in [0, 0.1) is 0 Å². The van der Waals surface area contributed by atoms with Crippen LogP contribution < -0.4 is 10.6 Å². The summed E-state index contributed by atoms with van der Waals surface area (Å²) in [6.07, 6.45) is 2.69. The Balaban J connectivity index is 1.51. The Labute approximate surface area is 158 Å². The van der Waals surface area contributed by atoms with Crippen molar-refractivity contribution in [3.63, 3.8) is 0 Å². The van der Waals surface area contributed by atoms with Crippen LogP contribution in [0.2, 0.25) is 0 Å². The number of rotatable bonds is 4. The lowest BCUT2D eigenvalue weighted by molar-refractivity contribution is -0.116. The molecule has 0 spiro atoms. The third kappa shape index (κ3) is 3.52. The fourth-order valence-electron chi connectivity index (χ4n) is 2.90. The average Bonchev–Trinajstić information content (AvgIpc) is 3.31. The summed E-state index contributed by atoms with van der Waals surface area (Å²) >= 11 is 1.32. The second-order valence-corrected chi connectivity index (χ2v) is 7.13. The second kappa shape index (κ2) is 6.81. The molecule has 1 aliphatic rings. The van der Waals surface area contributed by atoms with Crippen molar-refractivity contribution in [2.75, 3.05) is 10.6 Å². The number of hydrogen-bond acceptors (Lipinski definition) is 5. The average molecular weight is 380 g/mol. The van der Waals surface area contributed by atoms with E-state index in [4.69, 9.17) is 0 Å². The number of H-pyrrole nitrogens is 1. The standard InChI is InChI=1S/C19H16N4O3S/c1-10(24)13-7-15(20-8-13)18(26)23-19-22-16(9-27-19)12-2-4-14-11(6-12)3-5-17(25)21-14/h2,4,6-9,20H,3,5H2,1H3,(H,21,25)(H,22,23,26). The van der Waals surface area contributed by atoms with Crippen molar-refractivity contribution in [3.05, 3.63) is 52.7 Å². The van der Waals surface area contributed by atoms with Crippen LogP contribution in [0.4, 0.5) is 10.8 Å². The highest BCUT2D eigenvalue weighted by Crippen LogP contribution is 2.30. The van der Waals surface area contributed by atoms with Gasteiger partial charge in [0.2, 0.25) is 5.91 Å². The maximum Gasteiger partial charge on any atom is 0.273 e. The van der Waals surface area contributed by atoms with E-state index < -0.39 is 0 Å². The van der Waals surface area contributed by atoms with E-state index in [9.17, 15) is 14.4 Å². The molecule has 3 aromatic rings. The van der Waals surface area contributed by atoms with Crippen molar-refractivity contribution in [1.29, 1.82) is 0 Å². The number of aromatic amines is 1. The number of hydrogen-bond donors (Lipinski definition) is 3. The monoisotopic (exact) mass is 380 g/mol. The summed E-state index contributed by atoms with van der Waals surface area (Å²) in [6, 6.07) is 7.31. The van der Waals surface area contributed by atoms with Crippen molar-refractivity contribution >= 4 is 39.8 Å². The summed E-state index contributed by atoms with van der Waals surface area (Å²) in [6.45, 7) is 1.45. The summed E-state index contributed by atoms with van der Waals surface area (Å²) in [7, 11) is 0. The first-order chi connectivity index (χ1) is 13.0. The quantitative estimate of drug-likeness (QED) is 0.603. The molecule has 7 nitrogen and oxygen atoms in total. The highest BCUT2D eigenvalue weighted by atomic mass is 32.1. The van der Waals surface area contributed by atoms with Crippen LogP contribution in [0.25, 0.3) is 11.3 Å². The van der Waals surface area contributed by atoms with Crippen molar-refractivity contribution in [3.8, 4) is 11.3 Å². The molecule has 4 rings (SSSR count). The van der Waals surface area contributed by atoms with Gasteiger partial charge in [0, 0.05) is 34.8 Å². The normalized spacial score (nSPS) is 13.0. The molecule has 0 saturated heterocycles. The van der Waals surface area contributed by atoms with Crippen LogP contribution in [0.15, 0.2) is 35.8 Å². The number of aryl methyl sites for hydroxylation is 1. The molecule has 1 aromatic carbocycles. The van der Waals surface area contributed by atoms with Crippen LogP contribution in [-0.2, 0) is 11.2 Å². The number of aromatic nitrogens is 2. The first kappa shape index (κ1) is 17.2. The minimum Gasteiger partial charge on any atom is -0.356 e. The molecule has 3 heterocycles. The number of carbonyl (C=O) groups excluding carboxylic acids is 3. The number of amides is 2. The number of carbonyl (C=O) groups is 3. The van der Waals surface area contributed by atoms with Crippen molar-refractivity contribution in [1.82, 2.24) is 9.97 Å². The molecule has 0 bridgehead atoms. The van der Waals surface area contributed by atoms with Crippen molar-refractivity contribution < 1.29 is 14.4 Å². The number of nitrogens with zero attached hydrogens (tertiary/aromatic N) is 1. The third-order valence-corrected chi connectivity index (χ3v) is 5.11. The molecule has 2 aromatic heterocycles. The Bertz CT molecular complexity index is 1070. The van der Waals surface area contributed by atoms with Crippen molar-refractivity contribution in [2.24, 2.45) is 0 Å². The van der Waals surface area contributed by atoms with Gasteiger partial charge in [0.25, 0.3) is 5.91 Å². The summed E-state index contributed by atoms with van der Waals surface area (Å²) in [5.41, 5.74) is 4.37. The molecule has 27 heavy (non-hydrogen) atoms.